The van der Waals surface area contributed by atoms with Crippen LogP contribution in [0.4, 0.5) is 0 Å². The van der Waals surface area contributed by atoms with E-state index in [4.69, 9.17) is 10.9 Å². The lowest BCUT2D eigenvalue weighted by atomic mass is 10.3. The fourth-order valence-electron chi connectivity index (χ4n) is 0.583. The summed E-state index contributed by atoms with van der Waals surface area (Å²) in [4.78, 5) is 10.4. The van der Waals surface area contributed by atoms with Gasteiger partial charge in [0.15, 0.2) is 0 Å². The number of carbonyl (C=O) groups excluding carboxylic acids is 1. The second kappa shape index (κ2) is 6.03. The minimum Gasteiger partial charge on any atom is -0.411 e. The van der Waals surface area contributed by atoms with Crippen molar-refractivity contribution in [3.05, 3.63) is 0 Å². The summed E-state index contributed by atoms with van der Waals surface area (Å²) in [5.41, 5.74) is 4.96. The van der Waals surface area contributed by atoms with Gasteiger partial charge in [0, 0.05) is 17.4 Å². The summed E-state index contributed by atoms with van der Waals surface area (Å²) in [6.07, 6.45) is 1.74. The van der Waals surface area contributed by atoms with Crippen LogP contribution < -0.4 is 5.73 Å². The standard InChI is InChI=1S/C6H12N2O2S/c1-5(4-6(7)9)11-3-2-8-10/h2,5,10H,3-4H2,1H3,(H2,7,9). The fourth-order valence-corrected chi connectivity index (χ4v) is 1.35. The van der Waals surface area contributed by atoms with Gasteiger partial charge in [-0.3, -0.25) is 4.79 Å². The molecule has 0 heterocycles. The quantitative estimate of drug-likeness (QED) is 0.362. The van der Waals surface area contributed by atoms with Gasteiger partial charge < -0.3 is 10.9 Å². The summed E-state index contributed by atoms with van der Waals surface area (Å²) in [6, 6.07) is 0. The van der Waals surface area contributed by atoms with Crippen LogP contribution in [0.5, 0.6) is 0 Å². The summed E-state index contributed by atoms with van der Waals surface area (Å²) in [7, 11) is 0. The van der Waals surface area contributed by atoms with Crippen molar-refractivity contribution in [3.8, 4) is 0 Å². The van der Waals surface area contributed by atoms with Crippen LogP contribution in [0.1, 0.15) is 13.3 Å². The van der Waals surface area contributed by atoms with Crippen LogP contribution in [0.2, 0.25) is 0 Å². The van der Waals surface area contributed by atoms with Crippen molar-refractivity contribution >= 4 is 23.9 Å². The summed E-state index contributed by atoms with van der Waals surface area (Å²) >= 11 is 1.52. The summed E-state index contributed by atoms with van der Waals surface area (Å²) < 4.78 is 0. The molecule has 0 aliphatic rings. The Labute approximate surface area is 69.8 Å². The first-order chi connectivity index (χ1) is 5.16. The highest BCUT2D eigenvalue weighted by Gasteiger charge is 2.04. The maximum absolute atomic E-state index is 10.4. The topological polar surface area (TPSA) is 75.7 Å². The second-order valence-corrected chi connectivity index (χ2v) is 3.58. The lowest BCUT2D eigenvalue weighted by Crippen LogP contribution is -2.16. The maximum Gasteiger partial charge on any atom is 0.218 e. The van der Waals surface area contributed by atoms with Gasteiger partial charge in [0.05, 0.1) is 6.21 Å². The molecule has 0 saturated heterocycles. The zero-order chi connectivity index (χ0) is 8.69. The Balaban J connectivity index is 3.36. The largest absolute Gasteiger partial charge is 0.411 e. The molecule has 3 N–H and O–H groups in total. The lowest BCUT2D eigenvalue weighted by molar-refractivity contribution is -0.117. The Morgan fingerprint density at radius 2 is 2.55 bits per heavy atom. The van der Waals surface area contributed by atoms with Gasteiger partial charge >= 0.3 is 0 Å². The molecule has 1 amide bonds. The zero-order valence-electron chi connectivity index (χ0n) is 6.36. The Kier molecular flexibility index (Phi) is 5.64. The minimum atomic E-state index is -0.300. The van der Waals surface area contributed by atoms with Crippen LogP contribution in [0.25, 0.3) is 0 Å². The number of rotatable bonds is 5. The number of oxime groups is 1. The third-order valence-corrected chi connectivity index (χ3v) is 2.10. The predicted octanol–water partition coefficient (Wildman–Crippen LogP) is 0.443. The number of nitrogens with two attached hydrogens (primary N) is 1. The SMILES string of the molecule is CC(CC(N)=O)SCC=NO. The highest BCUT2D eigenvalue weighted by atomic mass is 32.2. The Bertz CT molecular complexity index is 150. The molecular formula is C6H12N2O2S. The van der Waals surface area contributed by atoms with Crippen LogP contribution in [0.3, 0.4) is 0 Å². The van der Waals surface area contributed by atoms with Gasteiger partial charge in [-0.1, -0.05) is 6.92 Å². The summed E-state index contributed by atoms with van der Waals surface area (Å²) in [6.45, 7) is 1.90. The molecule has 0 spiro atoms. The average molecular weight is 176 g/mol. The number of primary amides is 1. The van der Waals surface area contributed by atoms with Crippen LogP contribution in [0.15, 0.2) is 5.16 Å². The van der Waals surface area contributed by atoms with Gasteiger partial charge in [0.2, 0.25) is 5.91 Å². The number of hydrogen-bond acceptors (Lipinski definition) is 4. The molecule has 11 heavy (non-hydrogen) atoms. The fraction of sp³-hybridized carbons (Fsp3) is 0.667. The molecule has 0 aromatic rings. The van der Waals surface area contributed by atoms with E-state index < -0.39 is 0 Å². The molecule has 0 aromatic heterocycles. The van der Waals surface area contributed by atoms with E-state index in [1.54, 1.807) is 0 Å². The average Bonchev–Trinajstić information content (AvgIpc) is 1.86. The van der Waals surface area contributed by atoms with E-state index >= 15 is 0 Å². The predicted molar refractivity (Wildman–Crippen MR) is 46.0 cm³/mol. The zero-order valence-corrected chi connectivity index (χ0v) is 7.17. The molecule has 4 nitrogen and oxygen atoms in total. The molecule has 0 fully saturated rings. The van der Waals surface area contributed by atoms with Crippen molar-refractivity contribution < 1.29 is 10.0 Å². The monoisotopic (exact) mass is 176 g/mol. The van der Waals surface area contributed by atoms with Gasteiger partial charge in [0.1, 0.15) is 0 Å². The van der Waals surface area contributed by atoms with Crippen molar-refractivity contribution in [2.24, 2.45) is 10.9 Å². The number of carbonyl (C=O) groups is 1. The highest BCUT2D eigenvalue weighted by Crippen LogP contribution is 2.11. The first-order valence-corrected chi connectivity index (χ1v) is 4.27. The minimum absolute atomic E-state index is 0.186. The van der Waals surface area contributed by atoms with E-state index in [-0.39, 0.29) is 11.2 Å². The number of thioether (sulfide) groups is 1. The molecule has 5 heteroatoms. The van der Waals surface area contributed by atoms with E-state index in [9.17, 15) is 4.79 Å². The van der Waals surface area contributed by atoms with E-state index in [1.807, 2.05) is 6.92 Å². The molecule has 0 radical (unpaired) electrons. The summed E-state index contributed by atoms with van der Waals surface area (Å²) in [5.74, 6) is 0.302. The molecule has 0 aliphatic heterocycles. The molecule has 0 aromatic carbocycles. The van der Waals surface area contributed by atoms with Crippen LogP contribution in [0, 0.1) is 0 Å². The third-order valence-electron chi connectivity index (χ3n) is 1.03. The van der Waals surface area contributed by atoms with Crippen LogP contribution in [-0.2, 0) is 4.79 Å². The van der Waals surface area contributed by atoms with E-state index in [0.717, 1.165) is 0 Å². The van der Waals surface area contributed by atoms with Gasteiger partial charge in [-0.25, -0.2) is 0 Å². The van der Waals surface area contributed by atoms with Crippen molar-refractivity contribution in [1.82, 2.24) is 0 Å². The summed E-state index contributed by atoms with van der Waals surface area (Å²) in [5, 5.41) is 11.0. The van der Waals surface area contributed by atoms with Crippen molar-refractivity contribution in [3.63, 3.8) is 0 Å². The van der Waals surface area contributed by atoms with Crippen molar-refractivity contribution in [1.29, 1.82) is 0 Å². The normalized spacial score (nSPS) is 13.5. The van der Waals surface area contributed by atoms with Gasteiger partial charge in [-0.15, -0.1) is 5.16 Å². The molecular weight excluding hydrogens is 164 g/mol. The van der Waals surface area contributed by atoms with E-state index in [1.165, 1.54) is 18.0 Å². The highest BCUT2D eigenvalue weighted by molar-refractivity contribution is 8.00. The van der Waals surface area contributed by atoms with Gasteiger partial charge in [0.25, 0.3) is 0 Å². The Hall–Kier alpha value is -0.710. The molecule has 0 bridgehead atoms. The van der Waals surface area contributed by atoms with Crippen LogP contribution in [-0.4, -0.2) is 28.3 Å². The van der Waals surface area contributed by atoms with E-state index in [2.05, 4.69) is 5.16 Å². The maximum atomic E-state index is 10.4. The first kappa shape index (κ1) is 10.3. The molecule has 0 rings (SSSR count). The third kappa shape index (κ3) is 7.18. The number of nitrogens with zero attached hydrogens (tertiary/aromatic N) is 1. The Morgan fingerprint density at radius 3 is 3.00 bits per heavy atom. The molecule has 0 saturated carbocycles. The number of amides is 1. The smallest absolute Gasteiger partial charge is 0.218 e. The molecule has 64 valence electrons. The lowest BCUT2D eigenvalue weighted by Gasteiger charge is -2.04. The first-order valence-electron chi connectivity index (χ1n) is 3.22. The molecule has 0 aliphatic carbocycles. The number of hydrogen-bond donors (Lipinski definition) is 2. The van der Waals surface area contributed by atoms with Gasteiger partial charge in [-0.05, 0) is 0 Å². The van der Waals surface area contributed by atoms with Gasteiger partial charge in [-0.2, -0.15) is 11.8 Å². The van der Waals surface area contributed by atoms with Crippen molar-refractivity contribution in [2.75, 3.05) is 5.75 Å². The molecule has 1 unspecified atom stereocenters. The van der Waals surface area contributed by atoms with Crippen LogP contribution >= 0.6 is 11.8 Å². The second-order valence-electron chi connectivity index (χ2n) is 2.11. The van der Waals surface area contributed by atoms with Crippen molar-refractivity contribution in [2.45, 2.75) is 18.6 Å². The van der Waals surface area contributed by atoms with E-state index in [0.29, 0.717) is 12.2 Å². The molecule has 1 atom stereocenters. The Morgan fingerprint density at radius 1 is 1.91 bits per heavy atom.